The van der Waals surface area contributed by atoms with Crippen LogP contribution >= 0.6 is 0 Å². The summed E-state index contributed by atoms with van der Waals surface area (Å²) >= 11 is 0. The molecule has 1 N–H and O–H groups in total. The molecule has 1 aliphatic rings. The lowest BCUT2D eigenvalue weighted by molar-refractivity contribution is -0.384. The molecule has 30 heavy (non-hydrogen) atoms. The smallest absolute Gasteiger partial charge is 0.269 e. The van der Waals surface area contributed by atoms with E-state index in [4.69, 9.17) is 4.74 Å². The van der Waals surface area contributed by atoms with Crippen LogP contribution in [0.15, 0.2) is 41.6 Å². The molecule has 1 aliphatic heterocycles. The summed E-state index contributed by atoms with van der Waals surface area (Å²) in [4.78, 5) is 22.7. The number of benzene rings is 1. The molecule has 1 aromatic carbocycles. The van der Waals surface area contributed by atoms with Crippen LogP contribution in [0.2, 0.25) is 0 Å². The number of ether oxygens (including phenoxy) is 1. The highest BCUT2D eigenvalue weighted by Gasteiger charge is 2.32. The van der Waals surface area contributed by atoms with Crippen molar-refractivity contribution in [1.82, 2.24) is 14.1 Å². The normalized spacial score (nSPS) is 15.8. The van der Waals surface area contributed by atoms with Crippen molar-refractivity contribution in [3.05, 3.63) is 46.8 Å². The Labute approximate surface area is 173 Å². The van der Waals surface area contributed by atoms with Crippen molar-refractivity contribution in [1.29, 1.82) is 0 Å². The first-order chi connectivity index (χ1) is 14.3. The van der Waals surface area contributed by atoms with Crippen molar-refractivity contribution in [2.24, 2.45) is 5.92 Å². The number of amides is 1. The number of anilines is 1. The molecule has 12 heteroatoms. The predicted molar refractivity (Wildman–Crippen MR) is 107 cm³/mol. The molecule has 1 aromatic heterocycles. The van der Waals surface area contributed by atoms with Gasteiger partial charge in [0.15, 0.2) is 0 Å². The lowest BCUT2D eigenvalue weighted by atomic mass is 9.97. The summed E-state index contributed by atoms with van der Waals surface area (Å²) < 4.78 is 33.6. The number of hydrogen-bond acceptors (Lipinski definition) is 7. The highest BCUT2D eigenvalue weighted by Crippen LogP contribution is 2.26. The Bertz CT molecular complexity index is 996. The van der Waals surface area contributed by atoms with Crippen LogP contribution in [0.3, 0.4) is 0 Å². The van der Waals surface area contributed by atoms with Crippen LogP contribution in [-0.2, 0) is 26.3 Å². The Balaban J connectivity index is 1.56. The summed E-state index contributed by atoms with van der Waals surface area (Å²) in [5.41, 5.74) is 0.384. The number of hydrogen-bond donors (Lipinski definition) is 1. The minimum absolute atomic E-state index is 0.00212. The van der Waals surface area contributed by atoms with Crippen LogP contribution in [0.4, 0.5) is 11.4 Å². The van der Waals surface area contributed by atoms with Gasteiger partial charge in [-0.3, -0.25) is 14.9 Å². The van der Waals surface area contributed by atoms with E-state index < -0.39 is 14.9 Å². The fourth-order valence-electron chi connectivity index (χ4n) is 3.18. The molecule has 0 bridgehead atoms. The molecule has 0 saturated carbocycles. The van der Waals surface area contributed by atoms with Crippen molar-refractivity contribution in [3.63, 3.8) is 0 Å². The topological polar surface area (TPSA) is 137 Å². The summed E-state index contributed by atoms with van der Waals surface area (Å²) in [5.74, 6) is -0.498. The molecule has 1 saturated heterocycles. The lowest BCUT2D eigenvalue weighted by Crippen LogP contribution is -2.41. The predicted octanol–water partition coefficient (Wildman–Crippen LogP) is 1.82. The average molecular weight is 437 g/mol. The van der Waals surface area contributed by atoms with Crippen molar-refractivity contribution in [2.45, 2.75) is 31.4 Å². The third-order valence-corrected chi connectivity index (χ3v) is 6.75. The van der Waals surface area contributed by atoms with Crippen LogP contribution < -0.4 is 5.32 Å². The van der Waals surface area contributed by atoms with E-state index in [1.807, 2.05) is 6.92 Å². The SMILES string of the molecule is CCOCn1cc(NC(=O)C2CCN(S(=O)(=O)c3ccc([N+](=O)[O-])cc3)CC2)cn1. The number of nitrogens with one attached hydrogen (secondary N) is 1. The van der Waals surface area contributed by atoms with Crippen LogP contribution in [0, 0.1) is 16.0 Å². The second kappa shape index (κ2) is 9.32. The zero-order chi connectivity index (χ0) is 21.7. The minimum Gasteiger partial charge on any atom is -0.360 e. The standard InChI is InChI=1S/C18H23N5O6S/c1-2-29-13-21-12-15(11-19-21)20-18(24)14-7-9-22(10-8-14)30(27,28)17-5-3-16(4-6-17)23(25)26/h3-6,11-12,14H,2,7-10,13H2,1H3,(H,20,24). The molecule has 0 spiro atoms. The molecule has 1 amide bonds. The van der Waals surface area contributed by atoms with Crippen LogP contribution in [0.5, 0.6) is 0 Å². The number of non-ortho nitro benzene ring substituents is 1. The third-order valence-electron chi connectivity index (χ3n) is 4.84. The summed E-state index contributed by atoms with van der Waals surface area (Å²) in [7, 11) is -3.77. The maximum Gasteiger partial charge on any atom is 0.269 e. The first-order valence-electron chi connectivity index (χ1n) is 9.47. The molecular formula is C18H23N5O6S. The van der Waals surface area contributed by atoms with Gasteiger partial charge in [0.25, 0.3) is 5.69 Å². The van der Waals surface area contributed by atoms with Gasteiger partial charge in [-0.15, -0.1) is 0 Å². The highest BCUT2D eigenvalue weighted by atomic mass is 32.2. The third kappa shape index (κ3) is 5.01. The van der Waals surface area contributed by atoms with Gasteiger partial charge in [-0.2, -0.15) is 9.40 Å². The first-order valence-corrected chi connectivity index (χ1v) is 10.9. The number of carbonyl (C=O) groups excluding carboxylic acids is 1. The molecule has 3 rings (SSSR count). The Hall–Kier alpha value is -2.83. The van der Waals surface area contributed by atoms with Gasteiger partial charge in [-0.1, -0.05) is 0 Å². The van der Waals surface area contributed by atoms with E-state index in [0.29, 0.717) is 31.9 Å². The molecule has 1 fully saturated rings. The monoisotopic (exact) mass is 437 g/mol. The van der Waals surface area contributed by atoms with Gasteiger partial charge < -0.3 is 10.1 Å². The van der Waals surface area contributed by atoms with Gasteiger partial charge in [0, 0.05) is 37.7 Å². The van der Waals surface area contributed by atoms with Gasteiger partial charge >= 0.3 is 0 Å². The molecule has 0 unspecified atom stereocenters. The van der Waals surface area contributed by atoms with Crippen molar-refractivity contribution < 1.29 is 22.9 Å². The molecule has 162 valence electrons. The van der Waals surface area contributed by atoms with E-state index in [2.05, 4.69) is 10.4 Å². The van der Waals surface area contributed by atoms with E-state index in [1.54, 1.807) is 10.9 Å². The maximum absolute atomic E-state index is 12.8. The number of nitro benzene ring substituents is 1. The Kier molecular flexibility index (Phi) is 6.80. The Morgan fingerprint density at radius 1 is 1.30 bits per heavy atom. The van der Waals surface area contributed by atoms with Gasteiger partial charge in [-0.05, 0) is 31.9 Å². The van der Waals surface area contributed by atoms with E-state index >= 15 is 0 Å². The highest BCUT2D eigenvalue weighted by molar-refractivity contribution is 7.89. The zero-order valence-electron chi connectivity index (χ0n) is 16.4. The number of rotatable bonds is 8. The van der Waals surface area contributed by atoms with Gasteiger partial charge in [-0.25, -0.2) is 13.1 Å². The number of sulfonamides is 1. The number of aromatic nitrogens is 2. The van der Waals surface area contributed by atoms with Crippen LogP contribution in [0.1, 0.15) is 19.8 Å². The fourth-order valence-corrected chi connectivity index (χ4v) is 4.64. The Morgan fingerprint density at radius 3 is 2.57 bits per heavy atom. The summed E-state index contributed by atoms with van der Waals surface area (Å²) in [6.45, 7) is 3.12. The maximum atomic E-state index is 12.8. The van der Waals surface area contributed by atoms with Gasteiger partial charge in [0.05, 0.1) is 27.9 Å². The average Bonchev–Trinajstić information content (AvgIpc) is 3.19. The molecule has 0 radical (unpaired) electrons. The van der Waals surface area contributed by atoms with Crippen molar-refractivity contribution in [3.8, 4) is 0 Å². The zero-order valence-corrected chi connectivity index (χ0v) is 17.2. The van der Waals surface area contributed by atoms with E-state index in [0.717, 1.165) is 0 Å². The van der Waals surface area contributed by atoms with Crippen molar-refractivity contribution >= 4 is 27.3 Å². The van der Waals surface area contributed by atoms with Crippen molar-refractivity contribution in [2.75, 3.05) is 25.0 Å². The number of piperidine rings is 1. The van der Waals surface area contributed by atoms with E-state index in [-0.39, 0.29) is 35.5 Å². The largest absolute Gasteiger partial charge is 0.360 e. The second-order valence-corrected chi connectivity index (χ2v) is 8.75. The molecule has 2 heterocycles. The molecular weight excluding hydrogens is 414 g/mol. The number of nitro groups is 1. The molecule has 11 nitrogen and oxygen atoms in total. The molecule has 0 atom stereocenters. The fraction of sp³-hybridized carbons (Fsp3) is 0.444. The van der Waals surface area contributed by atoms with E-state index in [9.17, 15) is 23.3 Å². The molecule has 2 aromatic rings. The van der Waals surface area contributed by atoms with Crippen LogP contribution in [-0.4, -0.2) is 53.0 Å². The minimum atomic E-state index is -3.77. The summed E-state index contributed by atoms with van der Waals surface area (Å²) in [6.07, 6.45) is 3.96. The second-order valence-electron chi connectivity index (χ2n) is 6.81. The van der Waals surface area contributed by atoms with Crippen LogP contribution in [0.25, 0.3) is 0 Å². The number of nitrogens with zero attached hydrogens (tertiary/aromatic N) is 4. The summed E-state index contributed by atoms with van der Waals surface area (Å²) in [5, 5.41) is 17.6. The lowest BCUT2D eigenvalue weighted by Gasteiger charge is -2.30. The van der Waals surface area contributed by atoms with Gasteiger partial charge in [0.1, 0.15) is 6.73 Å². The Morgan fingerprint density at radius 2 is 1.97 bits per heavy atom. The van der Waals surface area contributed by atoms with E-state index in [1.165, 1.54) is 34.8 Å². The molecule has 0 aliphatic carbocycles. The number of carbonyl (C=O) groups is 1. The quantitative estimate of drug-likeness (QED) is 0.491. The first kappa shape index (κ1) is 21.9. The summed E-state index contributed by atoms with van der Waals surface area (Å²) in [6, 6.07) is 4.79. The van der Waals surface area contributed by atoms with Gasteiger partial charge in [0.2, 0.25) is 15.9 Å².